The molecular weight excluding hydrogens is 370 g/mol. The zero-order valence-electron chi connectivity index (χ0n) is 17.6. The fraction of sp³-hybridized carbons (Fsp3) is 0.538. The molecule has 1 amide bonds. The number of fused-ring (bicyclic) bond motifs is 1. The Kier molecular flexibility index (Phi) is 4.54. The van der Waals surface area contributed by atoms with Crippen molar-refractivity contribution in [3.63, 3.8) is 0 Å². The molecule has 0 spiro atoms. The van der Waals surface area contributed by atoms with Crippen LogP contribution in [0.2, 0.25) is 0 Å². The predicted molar refractivity (Wildman–Crippen MR) is 118 cm³/mol. The van der Waals surface area contributed by atoms with Crippen molar-refractivity contribution in [2.45, 2.75) is 82.2 Å². The minimum Gasteiger partial charge on any atom is -0.336 e. The average molecular weight is 402 g/mol. The molecule has 2 aromatic rings. The molecule has 1 N–H and O–H groups in total. The fourth-order valence-corrected chi connectivity index (χ4v) is 5.70. The lowest BCUT2D eigenvalue weighted by Gasteiger charge is -2.37. The first-order chi connectivity index (χ1) is 14.8. The van der Waals surface area contributed by atoms with Gasteiger partial charge < -0.3 is 4.90 Å². The Labute approximate surface area is 178 Å². The summed E-state index contributed by atoms with van der Waals surface area (Å²) in [6.45, 7) is 0. The maximum atomic E-state index is 13.6. The lowest BCUT2D eigenvalue weighted by molar-refractivity contribution is -0.139. The largest absolute Gasteiger partial charge is 0.336 e. The normalized spacial score (nSPS) is 26.1. The molecule has 4 aliphatic carbocycles. The van der Waals surface area contributed by atoms with E-state index in [1.54, 1.807) is 0 Å². The second kappa shape index (κ2) is 7.40. The number of hydrogen-bond donors (Lipinski definition) is 1. The number of aromatic amines is 1. The van der Waals surface area contributed by atoms with Gasteiger partial charge in [0.15, 0.2) is 0 Å². The Morgan fingerprint density at radius 3 is 2.63 bits per heavy atom. The van der Waals surface area contributed by atoms with Gasteiger partial charge in [-0.05, 0) is 92.4 Å². The summed E-state index contributed by atoms with van der Waals surface area (Å²) in [5.41, 5.74) is 7.04. The number of benzene rings is 1. The second-order valence-corrected chi connectivity index (χ2v) is 9.81. The van der Waals surface area contributed by atoms with E-state index in [1.165, 1.54) is 53.6 Å². The maximum Gasteiger partial charge on any atom is 0.226 e. The van der Waals surface area contributed by atoms with Gasteiger partial charge in [0.25, 0.3) is 0 Å². The smallest absolute Gasteiger partial charge is 0.226 e. The van der Waals surface area contributed by atoms with Crippen LogP contribution in [0.25, 0.3) is 5.57 Å². The second-order valence-electron chi connectivity index (χ2n) is 9.81. The number of hydrogen-bond acceptors (Lipinski definition) is 2. The number of nitrogens with one attached hydrogen (secondary N) is 1. The van der Waals surface area contributed by atoms with Gasteiger partial charge in [-0.1, -0.05) is 30.3 Å². The first-order valence-corrected chi connectivity index (χ1v) is 11.9. The summed E-state index contributed by atoms with van der Waals surface area (Å²) >= 11 is 0. The van der Waals surface area contributed by atoms with Crippen LogP contribution < -0.4 is 0 Å². The van der Waals surface area contributed by atoms with Crippen molar-refractivity contribution in [2.24, 2.45) is 5.92 Å². The van der Waals surface area contributed by atoms with Crippen LogP contribution >= 0.6 is 0 Å². The summed E-state index contributed by atoms with van der Waals surface area (Å²) in [6.07, 6.45) is 15.4. The van der Waals surface area contributed by atoms with Gasteiger partial charge in [-0.25, -0.2) is 0 Å². The van der Waals surface area contributed by atoms with Gasteiger partial charge >= 0.3 is 0 Å². The first-order valence-electron chi connectivity index (χ1n) is 11.9. The number of H-pyrrole nitrogens is 1. The van der Waals surface area contributed by atoms with E-state index in [0.29, 0.717) is 18.0 Å². The van der Waals surface area contributed by atoms with Gasteiger partial charge in [0.1, 0.15) is 0 Å². The van der Waals surface area contributed by atoms with E-state index in [2.05, 4.69) is 45.4 Å². The molecule has 1 aromatic carbocycles. The number of carbonyl (C=O) groups is 1. The highest BCUT2D eigenvalue weighted by molar-refractivity contribution is 5.82. The summed E-state index contributed by atoms with van der Waals surface area (Å²) in [5.74, 6) is 1.35. The van der Waals surface area contributed by atoms with Crippen molar-refractivity contribution in [3.05, 3.63) is 58.9 Å². The molecule has 2 atom stereocenters. The van der Waals surface area contributed by atoms with Crippen molar-refractivity contribution in [2.75, 3.05) is 0 Å². The maximum absolute atomic E-state index is 13.6. The molecule has 1 aromatic heterocycles. The Bertz CT molecular complexity index is 982. The highest BCUT2D eigenvalue weighted by atomic mass is 16.2. The van der Waals surface area contributed by atoms with E-state index in [4.69, 9.17) is 0 Å². The summed E-state index contributed by atoms with van der Waals surface area (Å²) < 4.78 is 0. The van der Waals surface area contributed by atoms with E-state index in [-0.39, 0.29) is 5.92 Å². The van der Waals surface area contributed by atoms with E-state index in [0.717, 1.165) is 44.4 Å². The van der Waals surface area contributed by atoms with Crippen LogP contribution in [0.3, 0.4) is 0 Å². The summed E-state index contributed by atoms with van der Waals surface area (Å²) in [7, 11) is 0. The number of aromatic nitrogens is 2. The summed E-state index contributed by atoms with van der Waals surface area (Å²) in [4.78, 5) is 15.9. The van der Waals surface area contributed by atoms with Crippen LogP contribution in [0.4, 0.5) is 0 Å². The first kappa shape index (κ1) is 18.4. The van der Waals surface area contributed by atoms with Gasteiger partial charge in [-0.3, -0.25) is 9.89 Å². The molecule has 0 aliphatic heterocycles. The molecule has 4 nitrogen and oxygen atoms in total. The molecule has 4 heteroatoms. The highest BCUT2D eigenvalue weighted by Gasteiger charge is 2.41. The Morgan fingerprint density at radius 2 is 1.87 bits per heavy atom. The number of amides is 1. The van der Waals surface area contributed by atoms with Crippen LogP contribution in [0, 0.1) is 5.92 Å². The molecule has 0 bridgehead atoms. The van der Waals surface area contributed by atoms with Crippen molar-refractivity contribution in [1.29, 1.82) is 0 Å². The van der Waals surface area contributed by atoms with Crippen molar-refractivity contribution >= 4 is 11.5 Å². The van der Waals surface area contributed by atoms with Crippen LogP contribution in [0.5, 0.6) is 0 Å². The molecule has 30 heavy (non-hydrogen) atoms. The van der Waals surface area contributed by atoms with Crippen molar-refractivity contribution in [1.82, 2.24) is 15.1 Å². The standard InChI is InChI=1S/C26H31N3O/c30-26(29(21-11-12-21)22-13-14-25-20(15-22)16-27-28-25)19-9-7-18(8-10-19)24-4-2-1-3-23(24)17-5-6-17/h1-4,7,16-17,19,21-22H,5-6,8-15H2,(H,27,28)/t19-,22?/m1/s1. The molecule has 4 aliphatic rings. The fourth-order valence-electron chi connectivity index (χ4n) is 5.70. The lowest BCUT2D eigenvalue weighted by Crippen LogP contribution is -2.47. The monoisotopic (exact) mass is 401 g/mol. The minimum atomic E-state index is 0.160. The SMILES string of the molecule is O=C([C@@H]1CC=C(c2ccccc2C2CC2)CC1)N(C1CC1)C1CCc2[nH]ncc2C1. The topological polar surface area (TPSA) is 49.0 Å². The van der Waals surface area contributed by atoms with E-state index >= 15 is 0 Å². The molecule has 2 fully saturated rings. The van der Waals surface area contributed by atoms with Crippen molar-refractivity contribution in [3.8, 4) is 0 Å². The van der Waals surface area contributed by atoms with Gasteiger partial charge in [-0.2, -0.15) is 5.10 Å². The number of aryl methyl sites for hydroxylation is 1. The third kappa shape index (κ3) is 3.40. The number of nitrogens with zero attached hydrogens (tertiary/aromatic N) is 2. The van der Waals surface area contributed by atoms with E-state index in [1.807, 2.05) is 6.20 Å². The number of allylic oxidation sites excluding steroid dienone is 2. The third-order valence-electron chi connectivity index (χ3n) is 7.66. The Balaban J connectivity index is 1.18. The third-order valence-corrected chi connectivity index (χ3v) is 7.66. The van der Waals surface area contributed by atoms with Crippen LogP contribution in [-0.2, 0) is 17.6 Å². The van der Waals surface area contributed by atoms with Crippen LogP contribution in [0.15, 0.2) is 36.5 Å². The molecule has 0 radical (unpaired) electrons. The molecule has 0 saturated heterocycles. The van der Waals surface area contributed by atoms with E-state index in [9.17, 15) is 4.79 Å². The zero-order valence-corrected chi connectivity index (χ0v) is 17.6. The molecule has 2 saturated carbocycles. The molecular formula is C26H31N3O. The minimum absolute atomic E-state index is 0.160. The summed E-state index contributed by atoms with van der Waals surface area (Å²) in [6, 6.07) is 9.79. The molecule has 1 heterocycles. The van der Waals surface area contributed by atoms with Gasteiger partial charge in [0.2, 0.25) is 5.91 Å². The lowest BCUT2D eigenvalue weighted by atomic mass is 9.83. The summed E-state index contributed by atoms with van der Waals surface area (Å²) in [5, 5.41) is 7.35. The predicted octanol–water partition coefficient (Wildman–Crippen LogP) is 5.02. The number of rotatable bonds is 5. The average Bonchev–Trinajstić information content (AvgIpc) is 3.72. The zero-order chi connectivity index (χ0) is 20.1. The molecule has 6 rings (SSSR count). The van der Waals surface area contributed by atoms with E-state index < -0.39 is 0 Å². The van der Waals surface area contributed by atoms with Crippen molar-refractivity contribution < 1.29 is 4.79 Å². The Morgan fingerprint density at radius 1 is 1.00 bits per heavy atom. The Hall–Kier alpha value is -2.36. The molecule has 1 unspecified atom stereocenters. The quantitative estimate of drug-likeness (QED) is 0.765. The van der Waals surface area contributed by atoms with Crippen LogP contribution in [0.1, 0.15) is 79.7 Å². The van der Waals surface area contributed by atoms with Gasteiger partial charge in [0, 0.05) is 23.7 Å². The molecule has 156 valence electrons. The van der Waals surface area contributed by atoms with Gasteiger partial charge in [-0.15, -0.1) is 0 Å². The van der Waals surface area contributed by atoms with Gasteiger partial charge in [0.05, 0.1) is 6.20 Å². The van der Waals surface area contributed by atoms with Crippen LogP contribution in [-0.4, -0.2) is 33.1 Å². The number of carbonyl (C=O) groups excluding carboxylic acids is 1. The highest BCUT2D eigenvalue weighted by Crippen LogP contribution is 2.45.